The van der Waals surface area contributed by atoms with E-state index in [4.69, 9.17) is 5.73 Å². The van der Waals surface area contributed by atoms with Gasteiger partial charge < -0.3 is 15.7 Å². The highest BCUT2D eigenvalue weighted by Crippen LogP contribution is 2.17. The maximum atomic E-state index is 10.1. The van der Waals surface area contributed by atoms with Crippen LogP contribution in [0.15, 0.2) is 4.99 Å². The van der Waals surface area contributed by atoms with E-state index in [0.29, 0.717) is 18.4 Å². The molecule has 0 aromatic carbocycles. The van der Waals surface area contributed by atoms with E-state index in [2.05, 4.69) is 16.8 Å². The van der Waals surface area contributed by atoms with Crippen molar-refractivity contribution in [2.75, 3.05) is 19.6 Å². The number of piperidine rings is 1. The first-order chi connectivity index (χ1) is 8.00. The van der Waals surface area contributed by atoms with Gasteiger partial charge in [0, 0.05) is 13.1 Å². The van der Waals surface area contributed by atoms with Crippen molar-refractivity contribution in [3.63, 3.8) is 0 Å². The first-order valence-electron chi connectivity index (χ1n) is 6.78. The Bertz CT molecular complexity index is 261. The molecule has 1 aliphatic rings. The molecule has 0 aliphatic carbocycles. The Kier molecular flexibility index (Phi) is 5.25. The number of guanidine groups is 1. The van der Waals surface area contributed by atoms with Gasteiger partial charge in [-0.3, -0.25) is 4.99 Å². The highest BCUT2D eigenvalue weighted by Gasteiger charge is 2.23. The maximum Gasteiger partial charge on any atom is 0.191 e. The molecule has 1 unspecified atom stereocenters. The third kappa shape index (κ3) is 4.19. The molecule has 0 aromatic rings. The van der Waals surface area contributed by atoms with Crippen LogP contribution in [0, 0.1) is 5.92 Å². The Hall–Kier alpha value is -0.770. The van der Waals surface area contributed by atoms with Crippen LogP contribution in [0.5, 0.6) is 0 Å². The molecule has 1 atom stereocenters. The van der Waals surface area contributed by atoms with Gasteiger partial charge in [0.2, 0.25) is 0 Å². The summed E-state index contributed by atoms with van der Waals surface area (Å²) in [6, 6.07) is 0. The Labute approximate surface area is 105 Å². The lowest BCUT2D eigenvalue weighted by Crippen LogP contribution is -2.44. The Balaban J connectivity index is 2.53. The van der Waals surface area contributed by atoms with Gasteiger partial charge >= 0.3 is 0 Å². The minimum Gasteiger partial charge on any atom is -0.388 e. The molecule has 0 spiro atoms. The minimum absolute atomic E-state index is 0.413. The van der Waals surface area contributed by atoms with Crippen molar-refractivity contribution in [1.29, 1.82) is 0 Å². The summed E-state index contributed by atoms with van der Waals surface area (Å²) in [5, 5.41) is 10.1. The average molecular weight is 241 g/mol. The monoisotopic (exact) mass is 241 g/mol. The number of hydrogen-bond acceptors (Lipinski definition) is 2. The molecule has 3 N–H and O–H groups in total. The molecule has 1 saturated heterocycles. The average Bonchev–Trinajstić information content (AvgIpc) is 2.35. The lowest BCUT2D eigenvalue weighted by atomic mass is 9.98. The van der Waals surface area contributed by atoms with Gasteiger partial charge in [-0.25, -0.2) is 0 Å². The molecule has 1 aliphatic heterocycles. The summed E-state index contributed by atoms with van der Waals surface area (Å²) in [5.74, 6) is 1.28. The van der Waals surface area contributed by atoms with Crippen molar-refractivity contribution >= 4 is 5.96 Å². The van der Waals surface area contributed by atoms with E-state index in [0.717, 1.165) is 25.9 Å². The zero-order chi connectivity index (χ0) is 12.9. The molecule has 1 fully saturated rings. The molecular formula is C13H27N3O. The Morgan fingerprint density at radius 1 is 1.47 bits per heavy atom. The minimum atomic E-state index is -0.688. The van der Waals surface area contributed by atoms with Gasteiger partial charge in [0.05, 0.1) is 12.1 Å². The van der Waals surface area contributed by atoms with Gasteiger partial charge in [0.1, 0.15) is 0 Å². The first-order valence-corrected chi connectivity index (χ1v) is 6.78. The summed E-state index contributed by atoms with van der Waals surface area (Å²) in [7, 11) is 0. The molecule has 0 aromatic heterocycles. The molecule has 0 radical (unpaired) electrons. The van der Waals surface area contributed by atoms with Crippen LogP contribution >= 0.6 is 0 Å². The maximum absolute atomic E-state index is 10.1. The van der Waals surface area contributed by atoms with E-state index in [-0.39, 0.29) is 0 Å². The van der Waals surface area contributed by atoms with E-state index in [1.807, 2.05) is 13.8 Å². The number of rotatable bonds is 4. The molecule has 0 bridgehead atoms. The molecule has 4 nitrogen and oxygen atoms in total. The van der Waals surface area contributed by atoms with Gasteiger partial charge in [0.25, 0.3) is 0 Å². The van der Waals surface area contributed by atoms with Gasteiger partial charge in [-0.15, -0.1) is 0 Å². The van der Waals surface area contributed by atoms with Crippen LogP contribution in [-0.4, -0.2) is 41.2 Å². The van der Waals surface area contributed by atoms with Crippen LogP contribution in [0.4, 0.5) is 0 Å². The van der Waals surface area contributed by atoms with Crippen LogP contribution in [0.3, 0.4) is 0 Å². The Morgan fingerprint density at radius 3 is 2.65 bits per heavy atom. The Morgan fingerprint density at radius 2 is 2.12 bits per heavy atom. The van der Waals surface area contributed by atoms with Gasteiger partial charge in [0.15, 0.2) is 5.96 Å². The summed E-state index contributed by atoms with van der Waals surface area (Å²) in [6.45, 7) is 8.61. The molecule has 0 saturated carbocycles. The SMILES string of the molecule is CCC(O)(CC)CN=C(N)N1CCCC(C)C1. The van der Waals surface area contributed by atoms with Gasteiger partial charge in [-0.1, -0.05) is 20.8 Å². The van der Waals surface area contributed by atoms with E-state index in [1.54, 1.807) is 0 Å². The van der Waals surface area contributed by atoms with Crippen LogP contribution in [0.2, 0.25) is 0 Å². The standard InChI is InChI=1S/C13H27N3O/c1-4-13(17,5-2)10-15-12(14)16-8-6-7-11(3)9-16/h11,17H,4-10H2,1-3H3,(H2,14,15). The fourth-order valence-corrected chi connectivity index (χ4v) is 2.20. The summed E-state index contributed by atoms with van der Waals surface area (Å²) in [4.78, 5) is 6.51. The van der Waals surface area contributed by atoms with Crippen molar-refractivity contribution in [2.24, 2.45) is 16.6 Å². The molecule has 1 rings (SSSR count). The molecular weight excluding hydrogens is 214 g/mol. The van der Waals surface area contributed by atoms with E-state index < -0.39 is 5.60 Å². The normalized spacial score (nSPS) is 22.9. The quantitative estimate of drug-likeness (QED) is 0.580. The summed E-state index contributed by atoms with van der Waals surface area (Å²) in [6.07, 6.45) is 3.90. The largest absolute Gasteiger partial charge is 0.388 e. The highest BCUT2D eigenvalue weighted by atomic mass is 16.3. The molecule has 17 heavy (non-hydrogen) atoms. The third-order valence-corrected chi connectivity index (χ3v) is 3.83. The van der Waals surface area contributed by atoms with Crippen molar-refractivity contribution in [3.05, 3.63) is 0 Å². The molecule has 4 heteroatoms. The third-order valence-electron chi connectivity index (χ3n) is 3.83. The van der Waals surface area contributed by atoms with Crippen molar-refractivity contribution in [1.82, 2.24) is 4.90 Å². The lowest BCUT2D eigenvalue weighted by Gasteiger charge is -2.32. The van der Waals surface area contributed by atoms with Crippen molar-refractivity contribution in [2.45, 2.75) is 52.1 Å². The zero-order valence-electron chi connectivity index (χ0n) is 11.4. The number of nitrogens with zero attached hydrogens (tertiary/aromatic N) is 2. The van der Waals surface area contributed by atoms with E-state index in [9.17, 15) is 5.11 Å². The zero-order valence-corrected chi connectivity index (χ0v) is 11.4. The molecule has 100 valence electrons. The second-order valence-corrected chi connectivity index (χ2v) is 5.30. The van der Waals surface area contributed by atoms with Gasteiger partial charge in [-0.05, 0) is 31.6 Å². The number of nitrogens with two attached hydrogens (primary N) is 1. The lowest BCUT2D eigenvalue weighted by molar-refractivity contribution is 0.0415. The number of aliphatic hydroxyl groups is 1. The van der Waals surface area contributed by atoms with Crippen LogP contribution in [-0.2, 0) is 0 Å². The van der Waals surface area contributed by atoms with E-state index >= 15 is 0 Å². The second-order valence-electron chi connectivity index (χ2n) is 5.30. The number of hydrogen-bond donors (Lipinski definition) is 2. The first kappa shape index (κ1) is 14.3. The summed E-state index contributed by atoms with van der Waals surface area (Å²) in [5.41, 5.74) is 5.30. The number of aliphatic imine (C=N–C) groups is 1. The predicted molar refractivity (Wildman–Crippen MR) is 72.0 cm³/mol. The van der Waals surface area contributed by atoms with Crippen molar-refractivity contribution < 1.29 is 5.11 Å². The topological polar surface area (TPSA) is 61.9 Å². The van der Waals surface area contributed by atoms with Crippen molar-refractivity contribution in [3.8, 4) is 0 Å². The van der Waals surface area contributed by atoms with Crippen LogP contribution in [0.25, 0.3) is 0 Å². The van der Waals surface area contributed by atoms with Crippen LogP contribution < -0.4 is 5.73 Å². The predicted octanol–water partition coefficient (Wildman–Crippen LogP) is 1.58. The fraction of sp³-hybridized carbons (Fsp3) is 0.923. The smallest absolute Gasteiger partial charge is 0.191 e. The second kappa shape index (κ2) is 6.24. The van der Waals surface area contributed by atoms with E-state index in [1.165, 1.54) is 12.8 Å². The van der Waals surface area contributed by atoms with Crippen LogP contribution in [0.1, 0.15) is 46.5 Å². The van der Waals surface area contributed by atoms with Gasteiger partial charge in [-0.2, -0.15) is 0 Å². The summed E-state index contributed by atoms with van der Waals surface area (Å²) < 4.78 is 0. The highest BCUT2D eigenvalue weighted by molar-refractivity contribution is 5.78. The fourth-order valence-electron chi connectivity index (χ4n) is 2.20. The number of likely N-dealkylation sites (tertiary alicyclic amines) is 1. The molecule has 1 heterocycles. The molecule has 0 amide bonds. The summed E-state index contributed by atoms with van der Waals surface area (Å²) >= 11 is 0.